The molecule has 0 bridgehead atoms. The van der Waals surface area contributed by atoms with Crippen LogP contribution in [0.25, 0.3) is 0 Å². The van der Waals surface area contributed by atoms with E-state index in [0.29, 0.717) is 5.92 Å². The predicted octanol–water partition coefficient (Wildman–Crippen LogP) is 3.98. The van der Waals surface area contributed by atoms with Crippen molar-refractivity contribution in [3.63, 3.8) is 0 Å². The standard InChI is InChI=1S/C17H27IN2O2S/c1-17(2,3)23(21,22)20-16-8-4-13(5-9-16)12-19-15-10-6-14(18)7-11-15/h6-7,10-11,13,16,19-20H,4-5,8-9,12H2,1-3H3/t13-,16-. The molecule has 1 aromatic rings. The summed E-state index contributed by atoms with van der Waals surface area (Å²) in [4.78, 5) is 0. The fourth-order valence-corrected chi connectivity index (χ4v) is 4.10. The van der Waals surface area contributed by atoms with Crippen molar-refractivity contribution < 1.29 is 8.42 Å². The third-order valence-corrected chi connectivity index (χ3v) is 7.39. The number of sulfonamides is 1. The lowest BCUT2D eigenvalue weighted by Gasteiger charge is -2.31. The highest BCUT2D eigenvalue weighted by atomic mass is 127. The van der Waals surface area contributed by atoms with E-state index in [1.165, 1.54) is 3.57 Å². The predicted molar refractivity (Wildman–Crippen MR) is 105 cm³/mol. The SMILES string of the molecule is CC(C)(C)S(=O)(=O)N[C@H]1CC[C@H](CNc2ccc(I)cc2)CC1. The van der Waals surface area contributed by atoms with E-state index >= 15 is 0 Å². The summed E-state index contributed by atoms with van der Waals surface area (Å²) in [5, 5.41) is 3.49. The van der Waals surface area contributed by atoms with Crippen LogP contribution in [0.1, 0.15) is 46.5 Å². The molecular weight excluding hydrogens is 423 g/mol. The van der Waals surface area contributed by atoms with E-state index in [0.717, 1.165) is 37.9 Å². The van der Waals surface area contributed by atoms with E-state index in [4.69, 9.17) is 0 Å². The van der Waals surface area contributed by atoms with Gasteiger partial charge in [-0.25, -0.2) is 13.1 Å². The molecule has 0 amide bonds. The molecule has 0 aromatic heterocycles. The molecule has 1 aliphatic carbocycles. The topological polar surface area (TPSA) is 58.2 Å². The molecule has 1 aliphatic rings. The third kappa shape index (κ3) is 5.60. The van der Waals surface area contributed by atoms with Gasteiger partial charge in [-0.15, -0.1) is 0 Å². The van der Waals surface area contributed by atoms with Gasteiger partial charge in [0.25, 0.3) is 0 Å². The van der Waals surface area contributed by atoms with Crippen molar-refractivity contribution in [1.82, 2.24) is 4.72 Å². The molecule has 1 fully saturated rings. The molecule has 4 nitrogen and oxygen atoms in total. The van der Waals surface area contributed by atoms with Gasteiger partial charge in [-0.2, -0.15) is 0 Å². The first-order valence-electron chi connectivity index (χ1n) is 8.19. The Hall–Kier alpha value is -0.340. The smallest absolute Gasteiger partial charge is 0.216 e. The molecular formula is C17H27IN2O2S. The van der Waals surface area contributed by atoms with Crippen molar-refractivity contribution in [1.29, 1.82) is 0 Å². The molecule has 0 atom stereocenters. The Morgan fingerprint density at radius 3 is 2.17 bits per heavy atom. The maximum atomic E-state index is 12.2. The van der Waals surface area contributed by atoms with Crippen LogP contribution in [0.5, 0.6) is 0 Å². The molecule has 0 heterocycles. The van der Waals surface area contributed by atoms with E-state index < -0.39 is 14.8 Å². The second-order valence-electron chi connectivity index (χ2n) is 7.34. The van der Waals surface area contributed by atoms with Crippen molar-refractivity contribution >= 4 is 38.3 Å². The molecule has 23 heavy (non-hydrogen) atoms. The Kier molecular flexibility index (Phi) is 6.35. The number of halogens is 1. The van der Waals surface area contributed by atoms with E-state index in [1.807, 2.05) is 0 Å². The average molecular weight is 450 g/mol. The van der Waals surface area contributed by atoms with Gasteiger partial charge in [-0.05, 0) is 99.2 Å². The maximum Gasteiger partial charge on any atom is 0.216 e. The molecule has 2 rings (SSSR count). The molecule has 0 aliphatic heterocycles. The Morgan fingerprint density at radius 1 is 1.09 bits per heavy atom. The van der Waals surface area contributed by atoms with Crippen LogP contribution in [0.2, 0.25) is 0 Å². The summed E-state index contributed by atoms with van der Waals surface area (Å²) in [5.74, 6) is 0.615. The summed E-state index contributed by atoms with van der Waals surface area (Å²) in [7, 11) is -3.24. The van der Waals surface area contributed by atoms with Crippen LogP contribution in [0.3, 0.4) is 0 Å². The minimum Gasteiger partial charge on any atom is -0.385 e. The first-order chi connectivity index (χ1) is 10.7. The lowest BCUT2D eigenvalue weighted by atomic mass is 9.86. The van der Waals surface area contributed by atoms with E-state index in [-0.39, 0.29) is 6.04 Å². The van der Waals surface area contributed by atoms with Crippen LogP contribution in [0.4, 0.5) is 5.69 Å². The van der Waals surface area contributed by atoms with Gasteiger partial charge in [0.05, 0.1) is 4.75 Å². The second-order valence-corrected chi connectivity index (χ2v) is 11.1. The lowest BCUT2D eigenvalue weighted by Crippen LogP contribution is -2.46. The number of nitrogens with one attached hydrogen (secondary N) is 2. The highest BCUT2D eigenvalue weighted by Gasteiger charge is 2.32. The van der Waals surface area contributed by atoms with Crippen LogP contribution in [-0.4, -0.2) is 25.8 Å². The summed E-state index contributed by atoms with van der Waals surface area (Å²) < 4.78 is 27.8. The quantitative estimate of drug-likeness (QED) is 0.668. The average Bonchev–Trinajstić information content (AvgIpc) is 2.47. The van der Waals surface area contributed by atoms with Gasteiger partial charge in [-0.1, -0.05) is 0 Å². The maximum absolute atomic E-state index is 12.2. The number of benzene rings is 1. The molecule has 0 radical (unpaired) electrons. The van der Waals surface area contributed by atoms with E-state index in [2.05, 4.69) is 56.9 Å². The van der Waals surface area contributed by atoms with Gasteiger partial charge < -0.3 is 5.32 Å². The van der Waals surface area contributed by atoms with Crippen LogP contribution < -0.4 is 10.0 Å². The molecule has 2 N–H and O–H groups in total. The Morgan fingerprint density at radius 2 is 1.65 bits per heavy atom. The molecule has 6 heteroatoms. The summed E-state index contributed by atoms with van der Waals surface area (Å²) in [6.45, 7) is 6.18. The van der Waals surface area contributed by atoms with Crippen molar-refractivity contribution in [2.24, 2.45) is 5.92 Å². The number of hydrogen-bond acceptors (Lipinski definition) is 3. The summed E-state index contributed by atoms with van der Waals surface area (Å²) >= 11 is 2.30. The molecule has 1 saturated carbocycles. The normalized spacial score (nSPS) is 22.8. The molecule has 130 valence electrons. The zero-order valence-electron chi connectivity index (χ0n) is 14.1. The number of rotatable bonds is 5. The van der Waals surface area contributed by atoms with Gasteiger partial charge in [0.1, 0.15) is 0 Å². The fraction of sp³-hybridized carbons (Fsp3) is 0.647. The molecule has 0 saturated heterocycles. The first-order valence-corrected chi connectivity index (χ1v) is 10.7. The van der Waals surface area contributed by atoms with Crippen LogP contribution >= 0.6 is 22.6 Å². The fourth-order valence-electron chi connectivity index (χ4n) is 2.71. The van der Waals surface area contributed by atoms with Gasteiger partial charge in [0, 0.05) is 21.8 Å². The number of anilines is 1. The largest absolute Gasteiger partial charge is 0.385 e. The second kappa shape index (κ2) is 7.70. The molecule has 1 aromatic carbocycles. The summed E-state index contributed by atoms with van der Waals surface area (Å²) in [6.07, 6.45) is 3.98. The molecule has 0 spiro atoms. The van der Waals surface area contributed by atoms with Gasteiger partial charge in [0.2, 0.25) is 10.0 Å². The Labute approximate surface area is 154 Å². The minimum atomic E-state index is -3.24. The monoisotopic (exact) mass is 450 g/mol. The third-order valence-electron chi connectivity index (χ3n) is 4.41. The minimum absolute atomic E-state index is 0.0915. The zero-order chi connectivity index (χ0) is 17.1. The van der Waals surface area contributed by atoms with Gasteiger partial charge in [0.15, 0.2) is 0 Å². The van der Waals surface area contributed by atoms with Crippen molar-refractivity contribution in [3.05, 3.63) is 27.8 Å². The van der Waals surface area contributed by atoms with Gasteiger partial charge >= 0.3 is 0 Å². The van der Waals surface area contributed by atoms with Gasteiger partial charge in [-0.3, -0.25) is 0 Å². The van der Waals surface area contributed by atoms with Crippen molar-refractivity contribution in [3.8, 4) is 0 Å². The van der Waals surface area contributed by atoms with Crippen LogP contribution in [0, 0.1) is 9.49 Å². The van der Waals surface area contributed by atoms with Crippen molar-refractivity contribution in [2.75, 3.05) is 11.9 Å². The lowest BCUT2D eigenvalue weighted by molar-refractivity contribution is 0.322. The summed E-state index contributed by atoms with van der Waals surface area (Å²) in [6, 6.07) is 8.49. The highest BCUT2D eigenvalue weighted by Crippen LogP contribution is 2.26. The summed E-state index contributed by atoms with van der Waals surface area (Å²) in [5.41, 5.74) is 1.15. The highest BCUT2D eigenvalue weighted by molar-refractivity contribution is 14.1. The first kappa shape index (κ1) is 19.0. The van der Waals surface area contributed by atoms with Crippen LogP contribution in [0.15, 0.2) is 24.3 Å². The van der Waals surface area contributed by atoms with E-state index in [1.54, 1.807) is 20.8 Å². The van der Waals surface area contributed by atoms with Crippen molar-refractivity contribution in [2.45, 2.75) is 57.2 Å². The zero-order valence-corrected chi connectivity index (χ0v) is 17.1. The Bertz CT molecular complexity index is 600. The number of hydrogen-bond donors (Lipinski definition) is 2. The van der Waals surface area contributed by atoms with E-state index in [9.17, 15) is 8.42 Å². The molecule has 0 unspecified atom stereocenters. The Balaban J connectivity index is 1.77. The van der Waals surface area contributed by atoms with Crippen LogP contribution in [-0.2, 0) is 10.0 Å².